The van der Waals surface area contributed by atoms with E-state index in [1.807, 2.05) is 0 Å². The number of carboxylic acid groups (broad SMARTS) is 1. The van der Waals surface area contributed by atoms with Gasteiger partial charge in [0.2, 0.25) is 5.91 Å². The first-order chi connectivity index (χ1) is 8.47. The number of rotatable bonds is 7. The van der Waals surface area contributed by atoms with E-state index in [-0.39, 0.29) is 24.7 Å². The van der Waals surface area contributed by atoms with Gasteiger partial charge in [-0.2, -0.15) is 0 Å². The number of carbonyl (C=O) groups excluding carboxylic acids is 1. The number of hydrogen-bond acceptors (Lipinski definition) is 4. The zero-order chi connectivity index (χ0) is 13.6. The fraction of sp³-hybridized carbons (Fsp3) is 0.833. The molecule has 1 amide bonds. The summed E-state index contributed by atoms with van der Waals surface area (Å²) >= 11 is 0. The number of methoxy groups -OCH3 is 1. The Labute approximate surface area is 107 Å². The second kappa shape index (κ2) is 6.70. The first kappa shape index (κ1) is 14.9. The third-order valence-electron chi connectivity index (χ3n) is 3.16. The molecule has 18 heavy (non-hydrogen) atoms. The van der Waals surface area contributed by atoms with Gasteiger partial charge in [0.25, 0.3) is 0 Å². The summed E-state index contributed by atoms with van der Waals surface area (Å²) in [6.45, 7) is 3.27. The molecule has 1 heterocycles. The van der Waals surface area contributed by atoms with Crippen LogP contribution in [-0.4, -0.2) is 49.5 Å². The highest BCUT2D eigenvalue weighted by Gasteiger charge is 2.35. The lowest BCUT2D eigenvalue weighted by atomic mass is 10.0. The second-order valence-electron chi connectivity index (χ2n) is 4.87. The highest BCUT2D eigenvalue weighted by atomic mass is 16.5. The van der Waals surface area contributed by atoms with Crippen LogP contribution in [-0.2, 0) is 19.1 Å². The molecule has 104 valence electrons. The van der Waals surface area contributed by atoms with Crippen LogP contribution in [0.2, 0.25) is 0 Å². The van der Waals surface area contributed by atoms with E-state index < -0.39 is 11.6 Å². The lowest BCUT2D eigenvalue weighted by molar-refractivity contribution is -0.138. The van der Waals surface area contributed by atoms with Crippen LogP contribution in [0.15, 0.2) is 0 Å². The highest BCUT2D eigenvalue weighted by molar-refractivity contribution is 5.77. The van der Waals surface area contributed by atoms with Gasteiger partial charge in [-0.1, -0.05) is 6.92 Å². The zero-order valence-corrected chi connectivity index (χ0v) is 10.9. The second-order valence-corrected chi connectivity index (χ2v) is 4.87. The summed E-state index contributed by atoms with van der Waals surface area (Å²) in [6, 6.07) is 0. The van der Waals surface area contributed by atoms with Crippen LogP contribution in [0.1, 0.15) is 26.2 Å². The summed E-state index contributed by atoms with van der Waals surface area (Å²) < 4.78 is 10.6. The number of aliphatic carboxylic acids is 1. The third kappa shape index (κ3) is 4.62. The van der Waals surface area contributed by atoms with Gasteiger partial charge in [-0.25, -0.2) is 0 Å². The van der Waals surface area contributed by atoms with Gasteiger partial charge in [0.15, 0.2) is 0 Å². The molecule has 0 saturated carbocycles. The SMILES string of the molecule is COC1(CNC(=O)CC(C)CC(=O)O)CCOC1. The zero-order valence-electron chi connectivity index (χ0n) is 10.9. The minimum Gasteiger partial charge on any atom is -0.481 e. The molecule has 0 aliphatic carbocycles. The third-order valence-corrected chi connectivity index (χ3v) is 3.16. The Balaban J connectivity index is 2.30. The lowest BCUT2D eigenvalue weighted by Crippen LogP contribution is -2.45. The number of ether oxygens (including phenoxy) is 2. The summed E-state index contributed by atoms with van der Waals surface area (Å²) in [7, 11) is 1.61. The van der Waals surface area contributed by atoms with Gasteiger partial charge >= 0.3 is 5.97 Å². The Kier molecular flexibility index (Phi) is 5.55. The van der Waals surface area contributed by atoms with Crippen LogP contribution in [0.25, 0.3) is 0 Å². The van der Waals surface area contributed by atoms with E-state index >= 15 is 0 Å². The molecular formula is C12H21NO5. The van der Waals surface area contributed by atoms with Crippen LogP contribution in [0, 0.1) is 5.92 Å². The minimum atomic E-state index is -0.882. The summed E-state index contributed by atoms with van der Waals surface area (Å²) in [4.78, 5) is 22.1. The van der Waals surface area contributed by atoms with Gasteiger partial charge in [0.1, 0.15) is 5.60 Å². The van der Waals surface area contributed by atoms with Crippen molar-refractivity contribution in [1.82, 2.24) is 5.32 Å². The van der Waals surface area contributed by atoms with Crippen molar-refractivity contribution in [3.63, 3.8) is 0 Å². The molecule has 6 heteroatoms. The molecule has 2 unspecified atom stereocenters. The van der Waals surface area contributed by atoms with Crippen molar-refractivity contribution in [2.75, 3.05) is 26.9 Å². The van der Waals surface area contributed by atoms with Gasteiger partial charge in [-0.3, -0.25) is 9.59 Å². The van der Waals surface area contributed by atoms with Gasteiger partial charge in [0, 0.05) is 39.5 Å². The van der Waals surface area contributed by atoms with Gasteiger partial charge < -0.3 is 19.9 Å². The van der Waals surface area contributed by atoms with E-state index in [0.29, 0.717) is 19.8 Å². The Hall–Kier alpha value is -1.14. The standard InChI is InChI=1S/C12H21NO5/c1-9(6-11(15)16)5-10(14)13-7-12(17-2)3-4-18-8-12/h9H,3-8H2,1-2H3,(H,13,14)(H,15,16). The van der Waals surface area contributed by atoms with E-state index in [9.17, 15) is 9.59 Å². The quantitative estimate of drug-likeness (QED) is 0.691. The maximum absolute atomic E-state index is 11.6. The molecule has 0 aromatic carbocycles. The Morgan fingerprint density at radius 2 is 2.22 bits per heavy atom. The van der Waals surface area contributed by atoms with Crippen LogP contribution in [0.5, 0.6) is 0 Å². The molecule has 0 radical (unpaired) electrons. The topological polar surface area (TPSA) is 84.9 Å². The fourth-order valence-electron chi connectivity index (χ4n) is 1.98. The molecule has 0 aromatic rings. The Morgan fingerprint density at radius 1 is 1.50 bits per heavy atom. The number of carbonyl (C=O) groups is 2. The molecule has 2 atom stereocenters. The molecular weight excluding hydrogens is 238 g/mol. The van der Waals surface area contributed by atoms with Crippen molar-refractivity contribution in [2.24, 2.45) is 5.92 Å². The Morgan fingerprint density at radius 3 is 2.72 bits per heavy atom. The van der Waals surface area contributed by atoms with Crippen LogP contribution >= 0.6 is 0 Å². The predicted octanol–water partition coefficient (Wildman–Crippen LogP) is 0.409. The molecule has 1 rings (SSSR count). The normalized spacial score (nSPS) is 24.8. The van der Waals surface area contributed by atoms with E-state index in [0.717, 1.165) is 6.42 Å². The molecule has 6 nitrogen and oxygen atoms in total. The van der Waals surface area contributed by atoms with Crippen LogP contribution < -0.4 is 5.32 Å². The molecule has 2 N–H and O–H groups in total. The minimum absolute atomic E-state index is 0.00590. The van der Waals surface area contributed by atoms with E-state index in [4.69, 9.17) is 14.6 Å². The van der Waals surface area contributed by atoms with Gasteiger partial charge in [0.05, 0.1) is 6.61 Å². The lowest BCUT2D eigenvalue weighted by Gasteiger charge is -2.26. The summed E-state index contributed by atoms with van der Waals surface area (Å²) in [5, 5.41) is 11.4. The molecule has 1 aliphatic heterocycles. The Bertz CT molecular complexity index is 299. The van der Waals surface area contributed by atoms with Crippen LogP contribution in [0.4, 0.5) is 0 Å². The summed E-state index contributed by atoms with van der Waals surface area (Å²) in [5.74, 6) is -1.19. The predicted molar refractivity (Wildman–Crippen MR) is 64.2 cm³/mol. The average Bonchev–Trinajstić information content (AvgIpc) is 2.74. The van der Waals surface area contributed by atoms with Crippen molar-refractivity contribution >= 4 is 11.9 Å². The van der Waals surface area contributed by atoms with Crippen molar-refractivity contribution in [1.29, 1.82) is 0 Å². The fourth-order valence-corrected chi connectivity index (χ4v) is 1.98. The van der Waals surface area contributed by atoms with Crippen LogP contribution in [0.3, 0.4) is 0 Å². The highest BCUT2D eigenvalue weighted by Crippen LogP contribution is 2.21. The van der Waals surface area contributed by atoms with E-state index in [1.165, 1.54) is 0 Å². The molecule has 1 aliphatic rings. The van der Waals surface area contributed by atoms with E-state index in [1.54, 1.807) is 14.0 Å². The smallest absolute Gasteiger partial charge is 0.303 e. The van der Waals surface area contributed by atoms with Gasteiger partial charge in [-0.15, -0.1) is 0 Å². The van der Waals surface area contributed by atoms with Crippen molar-refractivity contribution in [2.45, 2.75) is 31.8 Å². The maximum atomic E-state index is 11.6. The van der Waals surface area contributed by atoms with Crippen molar-refractivity contribution in [3.05, 3.63) is 0 Å². The molecule has 0 spiro atoms. The number of amides is 1. The molecule has 0 bridgehead atoms. The number of nitrogens with one attached hydrogen (secondary N) is 1. The average molecular weight is 259 g/mol. The van der Waals surface area contributed by atoms with Crippen molar-refractivity contribution in [3.8, 4) is 0 Å². The van der Waals surface area contributed by atoms with E-state index in [2.05, 4.69) is 5.32 Å². The largest absolute Gasteiger partial charge is 0.481 e. The molecule has 1 saturated heterocycles. The number of hydrogen-bond donors (Lipinski definition) is 2. The molecule has 0 aromatic heterocycles. The van der Waals surface area contributed by atoms with Crippen molar-refractivity contribution < 1.29 is 24.2 Å². The molecule has 1 fully saturated rings. The maximum Gasteiger partial charge on any atom is 0.303 e. The first-order valence-electron chi connectivity index (χ1n) is 6.09. The monoisotopic (exact) mass is 259 g/mol. The summed E-state index contributed by atoms with van der Waals surface area (Å²) in [5.41, 5.74) is -0.425. The summed E-state index contributed by atoms with van der Waals surface area (Å²) in [6.07, 6.45) is 0.980. The number of carboxylic acids is 1. The van der Waals surface area contributed by atoms with Gasteiger partial charge in [-0.05, 0) is 5.92 Å². The first-order valence-corrected chi connectivity index (χ1v) is 6.09.